The van der Waals surface area contributed by atoms with Crippen molar-refractivity contribution >= 4 is 48.8 Å². The number of rotatable bonds is 18. The van der Waals surface area contributed by atoms with E-state index in [2.05, 4.69) is 91.1 Å². The quantitative estimate of drug-likeness (QED) is 0.0650. The Bertz CT molecular complexity index is 2530. The van der Waals surface area contributed by atoms with Crippen molar-refractivity contribution in [1.29, 1.82) is 0 Å². The molecule has 0 atom stereocenters. The maximum absolute atomic E-state index is 13.1. The Morgan fingerprint density at radius 2 is 1.44 bits per heavy atom. The van der Waals surface area contributed by atoms with Crippen LogP contribution in [0.4, 0.5) is 11.4 Å². The first-order valence-corrected chi connectivity index (χ1v) is 24.9. The lowest BCUT2D eigenvalue weighted by molar-refractivity contribution is -0.438. The highest BCUT2D eigenvalue weighted by atomic mass is 32.2. The van der Waals surface area contributed by atoms with E-state index in [-0.39, 0.29) is 28.2 Å². The highest BCUT2D eigenvalue weighted by molar-refractivity contribution is 7.86. The van der Waals surface area contributed by atoms with Gasteiger partial charge in [-0.3, -0.25) is 13.9 Å². The Hall–Kier alpha value is -4.66. The van der Waals surface area contributed by atoms with E-state index in [0.717, 1.165) is 59.7 Å². The molecule has 0 saturated carbocycles. The molecule has 0 saturated heterocycles. The molecule has 0 radical (unpaired) electrons. The van der Waals surface area contributed by atoms with Gasteiger partial charge in [-0.2, -0.15) is 21.4 Å². The Morgan fingerprint density at radius 1 is 0.790 bits per heavy atom. The SMILES string of the molecule is CN(C)CCNC(=O)c1ccc(C2=C(/C=C/C3=[N+](CCCCS(=O)(=O)O)c4ccccc4C3(C)C)CCC/C2=C\C=C2\N(CCCCS(=O)(=O)O)c3ccccc3C2(C)C)cc1. The molecule has 0 fully saturated rings. The smallest absolute Gasteiger partial charge is 0.264 e. The molecule has 11 nitrogen and oxygen atoms in total. The number of carbonyl (C=O) groups excluding carboxylic acids is 1. The Kier molecular flexibility index (Phi) is 14.6. The molecule has 0 spiro atoms. The van der Waals surface area contributed by atoms with E-state index in [0.29, 0.717) is 50.9 Å². The van der Waals surface area contributed by atoms with Crippen molar-refractivity contribution in [2.75, 3.05) is 56.7 Å². The number of amides is 1. The van der Waals surface area contributed by atoms with Gasteiger partial charge in [-0.05, 0) is 119 Å². The van der Waals surface area contributed by atoms with Gasteiger partial charge in [-0.1, -0.05) is 74.5 Å². The van der Waals surface area contributed by atoms with Gasteiger partial charge in [-0.15, -0.1) is 0 Å². The second kappa shape index (κ2) is 19.4. The number of carbonyl (C=O) groups is 1. The van der Waals surface area contributed by atoms with Crippen LogP contribution >= 0.6 is 0 Å². The van der Waals surface area contributed by atoms with E-state index in [9.17, 15) is 30.7 Å². The van der Waals surface area contributed by atoms with E-state index >= 15 is 0 Å². The molecule has 2 heterocycles. The zero-order valence-electron chi connectivity index (χ0n) is 37.0. The fourth-order valence-corrected chi connectivity index (χ4v) is 10.3. The first kappa shape index (κ1) is 46.8. The fraction of sp³-hybridized carbons (Fsp3) is 0.429. The van der Waals surface area contributed by atoms with Gasteiger partial charge in [0.1, 0.15) is 6.54 Å². The summed E-state index contributed by atoms with van der Waals surface area (Å²) in [6.45, 7) is 11.4. The third kappa shape index (κ3) is 11.1. The van der Waals surface area contributed by atoms with Crippen molar-refractivity contribution in [2.24, 2.45) is 0 Å². The van der Waals surface area contributed by atoms with Crippen LogP contribution in [0, 0.1) is 0 Å². The summed E-state index contributed by atoms with van der Waals surface area (Å²) >= 11 is 0. The molecule has 3 N–H and O–H groups in total. The molecule has 3 aromatic rings. The number of fused-ring (bicyclic) bond motifs is 2. The zero-order chi connectivity index (χ0) is 44.9. The molecule has 0 unspecified atom stereocenters. The van der Waals surface area contributed by atoms with Gasteiger partial charge in [0.05, 0.1) is 16.9 Å². The Balaban J connectivity index is 1.43. The van der Waals surface area contributed by atoms with Gasteiger partial charge < -0.3 is 15.1 Å². The van der Waals surface area contributed by atoms with Crippen molar-refractivity contribution in [1.82, 2.24) is 10.2 Å². The number of nitrogens with zero attached hydrogens (tertiary/aromatic N) is 3. The second-order valence-electron chi connectivity index (χ2n) is 17.9. The molecule has 3 aromatic carbocycles. The number of hydrogen-bond donors (Lipinski definition) is 3. The predicted molar refractivity (Wildman–Crippen MR) is 251 cm³/mol. The molecule has 2 aliphatic heterocycles. The van der Waals surface area contributed by atoms with Gasteiger partial charge in [0.2, 0.25) is 5.69 Å². The van der Waals surface area contributed by atoms with Gasteiger partial charge >= 0.3 is 0 Å². The first-order valence-electron chi connectivity index (χ1n) is 21.7. The lowest BCUT2D eigenvalue weighted by atomic mass is 9.79. The third-order valence-corrected chi connectivity index (χ3v) is 14.0. The maximum Gasteiger partial charge on any atom is 0.264 e. The van der Waals surface area contributed by atoms with Gasteiger partial charge in [0.25, 0.3) is 26.1 Å². The number of likely N-dealkylation sites (N-methyl/N-ethyl adjacent to an activating group) is 1. The van der Waals surface area contributed by atoms with E-state index in [1.807, 2.05) is 67.5 Å². The molecular formula is C49H63N4O7S2+. The summed E-state index contributed by atoms with van der Waals surface area (Å²) < 4.78 is 67.2. The number of benzene rings is 3. The zero-order valence-corrected chi connectivity index (χ0v) is 38.7. The molecular weight excluding hydrogens is 821 g/mol. The summed E-state index contributed by atoms with van der Waals surface area (Å²) in [5, 5.41) is 3.02. The normalized spacial score (nSPS) is 18.7. The minimum atomic E-state index is -4.05. The molecule has 0 aromatic heterocycles. The number of anilines is 1. The van der Waals surface area contributed by atoms with Crippen molar-refractivity contribution < 1.29 is 35.3 Å². The topological polar surface area (TPSA) is 147 Å². The summed E-state index contributed by atoms with van der Waals surface area (Å²) in [5.41, 5.74) is 11.2. The average molecular weight is 884 g/mol. The van der Waals surface area contributed by atoms with Crippen LogP contribution in [0.15, 0.2) is 114 Å². The molecule has 62 heavy (non-hydrogen) atoms. The van der Waals surface area contributed by atoms with Crippen LogP contribution in [0.25, 0.3) is 5.57 Å². The third-order valence-electron chi connectivity index (χ3n) is 12.4. The van der Waals surface area contributed by atoms with E-state index in [1.54, 1.807) is 0 Å². The summed E-state index contributed by atoms with van der Waals surface area (Å²) in [6.07, 6.45) is 13.4. The minimum Gasteiger partial charge on any atom is -0.351 e. The maximum atomic E-state index is 13.1. The second-order valence-corrected chi connectivity index (χ2v) is 21.1. The van der Waals surface area contributed by atoms with Gasteiger partial charge in [0.15, 0.2) is 5.71 Å². The molecule has 3 aliphatic rings. The molecule has 6 rings (SSSR count). The van der Waals surface area contributed by atoms with Crippen LogP contribution in [-0.2, 0) is 31.1 Å². The summed E-state index contributed by atoms with van der Waals surface area (Å²) in [5.74, 6) is -0.665. The summed E-state index contributed by atoms with van der Waals surface area (Å²) in [4.78, 5) is 17.4. The Labute approximate surface area is 369 Å². The lowest BCUT2D eigenvalue weighted by Gasteiger charge is -2.28. The van der Waals surface area contributed by atoms with Crippen LogP contribution in [0.5, 0.6) is 0 Å². The van der Waals surface area contributed by atoms with Crippen molar-refractivity contribution in [3.63, 3.8) is 0 Å². The fourth-order valence-electron chi connectivity index (χ4n) is 9.14. The highest BCUT2D eigenvalue weighted by Gasteiger charge is 2.44. The molecule has 13 heteroatoms. The number of allylic oxidation sites excluding steroid dienone is 8. The lowest BCUT2D eigenvalue weighted by Crippen LogP contribution is -2.31. The van der Waals surface area contributed by atoms with Crippen LogP contribution in [0.2, 0.25) is 0 Å². The van der Waals surface area contributed by atoms with Crippen molar-refractivity contribution in [3.05, 3.63) is 136 Å². The summed E-state index contributed by atoms with van der Waals surface area (Å²) in [7, 11) is -4.15. The summed E-state index contributed by atoms with van der Waals surface area (Å²) in [6, 6.07) is 24.5. The largest absolute Gasteiger partial charge is 0.351 e. The monoisotopic (exact) mass is 883 g/mol. The van der Waals surface area contributed by atoms with E-state index in [1.165, 1.54) is 22.3 Å². The van der Waals surface area contributed by atoms with Crippen LogP contribution in [0.3, 0.4) is 0 Å². The van der Waals surface area contributed by atoms with Crippen LogP contribution in [0.1, 0.15) is 99.7 Å². The van der Waals surface area contributed by atoms with Gasteiger partial charge in [0, 0.05) is 66.1 Å². The van der Waals surface area contributed by atoms with Gasteiger partial charge in [-0.25, -0.2) is 0 Å². The molecule has 1 aliphatic carbocycles. The number of unbranched alkanes of at least 4 members (excludes halogenated alkanes) is 2. The van der Waals surface area contributed by atoms with Crippen LogP contribution < -0.4 is 10.2 Å². The first-order chi connectivity index (χ1) is 29.3. The Morgan fingerprint density at radius 3 is 2.11 bits per heavy atom. The molecule has 0 bridgehead atoms. The number of hydrogen-bond acceptors (Lipinski definition) is 7. The average Bonchev–Trinajstić information content (AvgIpc) is 3.56. The van der Waals surface area contributed by atoms with Crippen molar-refractivity contribution in [2.45, 2.75) is 83.5 Å². The minimum absolute atomic E-state index is 0.118. The van der Waals surface area contributed by atoms with E-state index < -0.39 is 20.2 Å². The number of nitrogens with one attached hydrogen (secondary N) is 1. The van der Waals surface area contributed by atoms with Crippen molar-refractivity contribution in [3.8, 4) is 0 Å². The predicted octanol–water partition coefficient (Wildman–Crippen LogP) is 8.49. The molecule has 1 amide bonds. The molecule has 332 valence electrons. The van der Waals surface area contributed by atoms with E-state index in [4.69, 9.17) is 0 Å². The van der Waals surface area contributed by atoms with Crippen LogP contribution in [-0.4, -0.2) is 98.8 Å². The highest BCUT2D eigenvalue weighted by Crippen LogP contribution is 2.48. The standard InChI is InChI=1S/C49H62N4O7S2/c1-48(2)40-18-7-9-20-42(40)52(31-11-13-34-61(55,56)57)44(48)28-26-36-16-15-17-37(46(36)38-22-24-39(25-23-38)47(54)50-30-33-51(5)6)27-29-45-49(3,4)41-19-8-10-21-43(41)53(45)32-12-14-35-62(58,59)60/h7-10,18-29H,11-17,30-35H2,1-6H3,(H2-,50,54,55,56,57,58,59,60)/p+1. The number of para-hydroxylation sites is 2.